The number of fused-ring (bicyclic) bond motifs is 1. The van der Waals surface area contributed by atoms with E-state index < -0.39 is 0 Å². The van der Waals surface area contributed by atoms with Crippen molar-refractivity contribution in [2.75, 3.05) is 11.4 Å². The molecule has 1 aliphatic carbocycles. The molecule has 0 atom stereocenters. The van der Waals surface area contributed by atoms with Crippen LogP contribution in [0.5, 0.6) is 0 Å². The van der Waals surface area contributed by atoms with Crippen LogP contribution >= 0.6 is 0 Å². The average molecular weight is 188 g/mol. The molecule has 0 saturated heterocycles. The third kappa shape index (κ3) is 1.14. The number of nitrogens with two attached hydrogens (primary N) is 1. The third-order valence-corrected chi connectivity index (χ3v) is 3.37. The summed E-state index contributed by atoms with van der Waals surface area (Å²) in [7, 11) is 0. The molecule has 1 aromatic carbocycles. The highest BCUT2D eigenvalue weighted by atomic mass is 15.2. The summed E-state index contributed by atoms with van der Waals surface area (Å²) in [5.41, 5.74) is 10.0. The Kier molecular flexibility index (Phi) is 1.77. The van der Waals surface area contributed by atoms with Crippen LogP contribution in [0.4, 0.5) is 5.69 Å². The van der Waals surface area contributed by atoms with Crippen molar-refractivity contribution in [3.05, 3.63) is 29.3 Å². The first-order chi connectivity index (χ1) is 6.90. The SMILES string of the molecule is NCc1cccc2c1CCN2C1CC1. The highest BCUT2D eigenvalue weighted by Gasteiger charge is 2.33. The largest absolute Gasteiger partial charge is 0.368 e. The summed E-state index contributed by atoms with van der Waals surface area (Å²) >= 11 is 0. The van der Waals surface area contributed by atoms with Crippen molar-refractivity contribution < 1.29 is 0 Å². The molecular weight excluding hydrogens is 172 g/mol. The van der Waals surface area contributed by atoms with Crippen LogP contribution in [0.1, 0.15) is 24.0 Å². The van der Waals surface area contributed by atoms with Gasteiger partial charge in [0.2, 0.25) is 0 Å². The Hall–Kier alpha value is -1.02. The first-order valence-corrected chi connectivity index (χ1v) is 5.47. The lowest BCUT2D eigenvalue weighted by molar-refractivity contribution is 0.830. The van der Waals surface area contributed by atoms with Crippen LogP contribution < -0.4 is 10.6 Å². The Bertz CT molecular complexity index is 355. The zero-order valence-corrected chi connectivity index (χ0v) is 8.37. The number of hydrogen-bond donors (Lipinski definition) is 1. The number of rotatable bonds is 2. The number of nitrogens with zero attached hydrogens (tertiary/aromatic N) is 1. The lowest BCUT2D eigenvalue weighted by atomic mass is 10.1. The molecule has 0 aromatic heterocycles. The summed E-state index contributed by atoms with van der Waals surface area (Å²) in [6.07, 6.45) is 3.96. The van der Waals surface area contributed by atoms with E-state index >= 15 is 0 Å². The van der Waals surface area contributed by atoms with E-state index in [0.29, 0.717) is 6.54 Å². The van der Waals surface area contributed by atoms with Gasteiger partial charge in [0.25, 0.3) is 0 Å². The minimum Gasteiger partial charge on any atom is -0.368 e. The van der Waals surface area contributed by atoms with Crippen LogP contribution in [0.15, 0.2) is 18.2 Å². The topological polar surface area (TPSA) is 29.3 Å². The van der Waals surface area contributed by atoms with E-state index in [1.54, 1.807) is 0 Å². The Labute approximate surface area is 84.7 Å². The molecule has 1 saturated carbocycles. The number of anilines is 1. The summed E-state index contributed by atoms with van der Waals surface area (Å²) in [4.78, 5) is 2.56. The Morgan fingerprint density at radius 2 is 2.21 bits per heavy atom. The molecule has 1 heterocycles. The molecule has 3 rings (SSSR count). The summed E-state index contributed by atoms with van der Waals surface area (Å²) in [6.45, 7) is 1.89. The molecule has 2 nitrogen and oxygen atoms in total. The second-order valence-electron chi connectivity index (χ2n) is 4.29. The van der Waals surface area contributed by atoms with Gasteiger partial charge >= 0.3 is 0 Å². The molecule has 1 fully saturated rings. The van der Waals surface area contributed by atoms with Gasteiger partial charge in [0, 0.05) is 24.8 Å². The average Bonchev–Trinajstić information content (AvgIpc) is 2.97. The van der Waals surface area contributed by atoms with Gasteiger partial charge in [0.15, 0.2) is 0 Å². The van der Waals surface area contributed by atoms with Gasteiger partial charge in [-0.25, -0.2) is 0 Å². The van der Waals surface area contributed by atoms with Gasteiger partial charge in [-0.1, -0.05) is 12.1 Å². The fraction of sp³-hybridized carbons (Fsp3) is 0.500. The first kappa shape index (κ1) is 8.30. The van der Waals surface area contributed by atoms with Gasteiger partial charge < -0.3 is 10.6 Å². The second kappa shape index (κ2) is 2.99. The first-order valence-electron chi connectivity index (χ1n) is 5.47. The molecule has 14 heavy (non-hydrogen) atoms. The molecule has 1 aliphatic heterocycles. The van der Waals surface area contributed by atoms with Crippen LogP contribution in [0.3, 0.4) is 0 Å². The molecule has 74 valence electrons. The summed E-state index contributed by atoms with van der Waals surface area (Å²) in [5.74, 6) is 0. The lowest BCUT2D eigenvalue weighted by Crippen LogP contribution is -2.22. The highest BCUT2D eigenvalue weighted by molar-refractivity contribution is 5.62. The van der Waals surface area contributed by atoms with Crippen molar-refractivity contribution in [3.63, 3.8) is 0 Å². The maximum Gasteiger partial charge on any atom is 0.0405 e. The van der Waals surface area contributed by atoms with E-state index in [-0.39, 0.29) is 0 Å². The van der Waals surface area contributed by atoms with Gasteiger partial charge in [-0.05, 0) is 36.5 Å². The molecule has 1 aromatic rings. The number of benzene rings is 1. The Morgan fingerprint density at radius 3 is 2.93 bits per heavy atom. The number of hydrogen-bond acceptors (Lipinski definition) is 2. The zero-order chi connectivity index (χ0) is 9.54. The van der Waals surface area contributed by atoms with Crippen molar-refractivity contribution >= 4 is 5.69 Å². The minimum absolute atomic E-state index is 0.682. The maximum absolute atomic E-state index is 5.74. The van der Waals surface area contributed by atoms with Crippen LogP contribution in [0.25, 0.3) is 0 Å². The van der Waals surface area contributed by atoms with Crippen molar-refractivity contribution in [2.45, 2.75) is 31.8 Å². The van der Waals surface area contributed by atoms with E-state index in [0.717, 1.165) is 6.04 Å². The molecule has 0 bridgehead atoms. The van der Waals surface area contributed by atoms with Crippen molar-refractivity contribution in [3.8, 4) is 0 Å². The smallest absolute Gasteiger partial charge is 0.0405 e. The fourth-order valence-corrected chi connectivity index (χ4v) is 2.49. The van der Waals surface area contributed by atoms with E-state index in [9.17, 15) is 0 Å². The van der Waals surface area contributed by atoms with Crippen molar-refractivity contribution in [2.24, 2.45) is 5.73 Å². The minimum atomic E-state index is 0.682. The molecule has 0 unspecified atom stereocenters. The van der Waals surface area contributed by atoms with Crippen LogP contribution in [-0.2, 0) is 13.0 Å². The van der Waals surface area contributed by atoms with Crippen molar-refractivity contribution in [1.29, 1.82) is 0 Å². The quantitative estimate of drug-likeness (QED) is 0.765. The van der Waals surface area contributed by atoms with E-state index in [4.69, 9.17) is 5.73 Å². The van der Waals surface area contributed by atoms with E-state index in [1.807, 2.05) is 0 Å². The molecule has 2 N–H and O–H groups in total. The van der Waals surface area contributed by atoms with Crippen LogP contribution in [-0.4, -0.2) is 12.6 Å². The van der Waals surface area contributed by atoms with Gasteiger partial charge in [0.05, 0.1) is 0 Å². The summed E-state index contributed by atoms with van der Waals surface area (Å²) in [6, 6.07) is 7.39. The van der Waals surface area contributed by atoms with Crippen LogP contribution in [0.2, 0.25) is 0 Å². The van der Waals surface area contributed by atoms with Gasteiger partial charge in [-0.2, -0.15) is 0 Å². The van der Waals surface area contributed by atoms with E-state index in [1.165, 1.54) is 42.6 Å². The highest BCUT2D eigenvalue weighted by Crippen LogP contribution is 2.38. The van der Waals surface area contributed by atoms with Gasteiger partial charge in [-0.3, -0.25) is 0 Å². The van der Waals surface area contributed by atoms with Crippen molar-refractivity contribution in [1.82, 2.24) is 0 Å². The standard InChI is InChI=1S/C12H16N2/c13-8-9-2-1-3-12-11(9)6-7-14(12)10-4-5-10/h1-3,10H,4-8,13H2. The monoisotopic (exact) mass is 188 g/mol. The van der Waals surface area contributed by atoms with Gasteiger partial charge in [-0.15, -0.1) is 0 Å². The maximum atomic E-state index is 5.74. The molecule has 2 aliphatic rings. The fourth-order valence-electron chi connectivity index (χ4n) is 2.49. The predicted molar refractivity (Wildman–Crippen MR) is 58.4 cm³/mol. The Balaban J connectivity index is 2.02. The van der Waals surface area contributed by atoms with E-state index in [2.05, 4.69) is 23.1 Å². The normalized spacial score (nSPS) is 19.9. The van der Waals surface area contributed by atoms with Gasteiger partial charge in [0.1, 0.15) is 0 Å². The molecule has 2 heteroatoms. The lowest BCUT2D eigenvalue weighted by Gasteiger charge is -2.18. The molecular formula is C12H16N2. The summed E-state index contributed by atoms with van der Waals surface area (Å²) < 4.78 is 0. The Morgan fingerprint density at radius 1 is 1.36 bits per heavy atom. The molecule has 0 amide bonds. The predicted octanol–water partition coefficient (Wildman–Crippen LogP) is 1.67. The summed E-state index contributed by atoms with van der Waals surface area (Å²) in [5, 5.41) is 0. The molecule has 0 radical (unpaired) electrons. The van der Waals surface area contributed by atoms with Crippen LogP contribution in [0, 0.1) is 0 Å². The second-order valence-corrected chi connectivity index (χ2v) is 4.29. The molecule has 0 spiro atoms. The third-order valence-electron chi connectivity index (χ3n) is 3.37. The zero-order valence-electron chi connectivity index (χ0n) is 8.37.